The third-order valence-electron chi connectivity index (χ3n) is 4.32. The van der Waals surface area contributed by atoms with Gasteiger partial charge in [-0.2, -0.15) is 0 Å². The van der Waals surface area contributed by atoms with Crippen molar-refractivity contribution in [2.45, 2.75) is 44.6 Å². The van der Waals surface area contributed by atoms with Gasteiger partial charge >= 0.3 is 0 Å². The standard InChI is InChI=1S/C16H23NO/c1-2-6-13(5-1)12-18-15-10-9-14-7-3-4-8-16(14)17-11-15/h3-4,7-8,13,15,17H,1-2,5-6,9-12H2. The molecule has 1 fully saturated rings. The highest BCUT2D eigenvalue weighted by Gasteiger charge is 2.19. The van der Waals surface area contributed by atoms with Gasteiger partial charge < -0.3 is 10.1 Å². The van der Waals surface area contributed by atoms with E-state index in [1.165, 1.54) is 36.9 Å². The number of aryl methyl sites for hydroxylation is 1. The molecule has 2 aliphatic rings. The highest BCUT2D eigenvalue weighted by atomic mass is 16.5. The molecule has 1 heterocycles. The smallest absolute Gasteiger partial charge is 0.0750 e. The van der Waals surface area contributed by atoms with E-state index in [9.17, 15) is 0 Å². The van der Waals surface area contributed by atoms with E-state index in [0.29, 0.717) is 6.10 Å². The lowest BCUT2D eigenvalue weighted by Gasteiger charge is -2.18. The number of ether oxygens (including phenoxy) is 1. The summed E-state index contributed by atoms with van der Waals surface area (Å²) >= 11 is 0. The van der Waals surface area contributed by atoms with Crippen LogP contribution in [-0.2, 0) is 11.2 Å². The summed E-state index contributed by atoms with van der Waals surface area (Å²) in [4.78, 5) is 0. The first-order valence-corrected chi connectivity index (χ1v) is 7.35. The van der Waals surface area contributed by atoms with Crippen molar-refractivity contribution in [2.75, 3.05) is 18.5 Å². The number of anilines is 1. The first-order chi connectivity index (χ1) is 8.92. The largest absolute Gasteiger partial charge is 0.382 e. The minimum atomic E-state index is 0.387. The zero-order chi connectivity index (χ0) is 12.2. The molecule has 0 bridgehead atoms. The summed E-state index contributed by atoms with van der Waals surface area (Å²) in [6.45, 7) is 1.94. The van der Waals surface area contributed by atoms with Crippen LogP contribution in [0.5, 0.6) is 0 Å². The molecule has 0 amide bonds. The van der Waals surface area contributed by atoms with Gasteiger partial charge in [0.25, 0.3) is 0 Å². The van der Waals surface area contributed by atoms with Crippen LogP contribution in [0.3, 0.4) is 0 Å². The quantitative estimate of drug-likeness (QED) is 0.878. The van der Waals surface area contributed by atoms with E-state index in [4.69, 9.17) is 4.74 Å². The normalized spacial score (nSPS) is 24.3. The van der Waals surface area contributed by atoms with Gasteiger partial charge in [0.15, 0.2) is 0 Å². The fourth-order valence-electron chi connectivity index (χ4n) is 3.14. The summed E-state index contributed by atoms with van der Waals surface area (Å²) in [6.07, 6.45) is 8.24. The van der Waals surface area contributed by atoms with Crippen LogP contribution in [0.4, 0.5) is 5.69 Å². The summed E-state index contributed by atoms with van der Waals surface area (Å²) in [5.41, 5.74) is 2.73. The van der Waals surface area contributed by atoms with Gasteiger partial charge in [-0.15, -0.1) is 0 Å². The fraction of sp³-hybridized carbons (Fsp3) is 0.625. The van der Waals surface area contributed by atoms with Crippen LogP contribution in [0.1, 0.15) is 37.7 Å². The lowest BCUT2D eigenvalue weighted by atomic mass is 10.1. The summed E-state index contributed by atoms with van der Waals surface area (Å²) in [5, 5.41) is 3.53. The maximum absolute atomic E-state index is 6.12. The van der Waals surface area contributed by atoms with E-state index in [0.717, 1.165) is 31.9 Å². The summed E-state index contributed by atoms with van der Waals surface area (Å²) in [6, 6.07) is 8.63. The van der Waals surface area contributed by atoms with Crippen molar-refractivity contribution in [1.29, 1.82) is 0 Å². The SMILES string of the molecule is c1ccc2c(c1)CCC(OCC1CCCC1)CN2. The van der Waals surface area contributed by atoms with E-state index in [-0.39, 0.29) is 0 Å². The molecule has 1 aliphatic carbocycles. The lowest BCUT2D eigenvalue weighted by molar-refractivity contribution is 0.0342. The minimum Gasteiger partial charge on any atom is -0.382 e. The van der Waals surface area contributed by atoms with E-state index >= 15 is 0 Å². The van der Waals surface area contributed by atoms with Crippen molar-refractivity contribution in [3.05, 3.63) is 29.8 Å². The van der Waals surface area contributed by atoms with Crippen molar-refractivity contribution in [1.82, 2.24) is 0 Å². The fourth-order valence-corrected chi connectivity index (χ4v) is 3.14. The Kier molecular flexibility index (Phi) is 3.84. The molecule has 0 saturated heterocycles. The number of hydrogen-bond donors (Lipinski definition) is 1. The predicted octanol–water partition coefficient (Wildman–Crippen LogP) is 3.62. The second-order valence-electron chi connectivity index (χ2n) is 5.68. The molecule has 1 unspecified atom stereocenters. The summed E-state index contributed by atoms with van der Waals surface area (Å²) < 4.78 is 6.12. The molecule has 98 valence electrons. The first kappa shape index (κ1) is 12.0. The van der Waals surface area contributed by atoms with Gasteiger partial charge in [0, 0.05) is 18.8 Å². The minimum absolute atomic E-state index is 0.387. The first-order valence-electron chi connectivity index (χ1n) is 7.35. The van der Waals surface area contributed by atoms with Gasteiger partial charge in [-0.05, 0) is 43.2 Å². The monoisotopic (exact) mass is 245 g/mol. The lowest BCUT2D eigenvalue weighted by Crippen LogP contribution is -2.24. The molecule has 0 radical (unpaired) electrons. The molecule has 2 heteroatoms. The van der Waals surface area contributed by atoms with Crippen LogP contribution in [0.25, 0.3) is 0 Å². The molecule has 1 aromatic rings. The highest BCUT2D eigenvalue weighted by Crippen LogP contribution is 2.26. The number of nitrogens with one attached hydrogen (secondary N) is 1. The third-order valence-corrected chi connectivity index (χ3v) is 4.32. The Bertz CT molecular complexity index is 357. The van der Waals surface area contributed by atoms with Crippen molar-refractivity contribution < 1.29 is 4.74 Å². The predicted molar refractivity (Wildman–Crippen MR) is 75.0 cm³/mol. The average Bonchev–Trinajstić information content (AvgIpc) is 2.84. The van der Waals surface area contributed by atoms with Crippen LogP contribution in [0.15, 0.2) is 24.3 Å². The Balaban J connectivity index is 1.51. The number of para-hydroxylation sites is 1. The van der Waals surface area contributed by atoms with Crippen molar-refractivity contribution >= 4 is 5.69 Å². The maximum atomic E-state index is 6.12. The number of benzene rings is 1. The molecule has 2 nitrogen and oxygen atoms in total. The van der Waals surface area contributed by atoms with Crippen LogP contribution in [0.2, 0.25) is 0 Å². The van der Waals surface area contributed by atoms with Crippen molar-refractivity contribution in [3.63, 3.8) is 0 Å². The Labute approximate surface area is 110 Å². The van der Waals surface area contributed by atoms with Gasteiger partial charge in [-0.25, -0.2) is 0 Å². The topological polar surface area (TPSA) is 21.3 Å². The molecule has 0 spiro atoms. The van der Waals surface area contributed by atoms with Gasteiger partial charge in [0.1, 0.15) is 0 Å². The zero-order valence-corrected chi connectivity index (χ0v) is 11.0. The molecule has 3 rings (SSSR count). The average molecular weight is 245 g/mol. The Morgan fingerprint density at radius 3 is 2.83 bits per heavy atom. The molecule has 1 atom stereocenters. The van der Waals surface area contributed by atoms with Crippen LogP contribution in [-0.4, -0.2) is 19.3 Å². The summed E-state index contributed by atoms with van der Waals surface area (Å²) in [7, 11) is 0. The second-order valence-corrected chi connectivity index (χ2v) is 5.68. The number of fused-ring (bicyclic) bond motifs is 1. The van der Waals surface area contributed by atoms with Gasteiger partial charge in [-0.1, -0.05) is 31.0 Å². The maximum Gasteiger partial charge on any atom is 0.0750 e. The van der Waals surface area contributed by atoms with E-state index < -0.39 is 0 Å². The molecular weight excluding hydrogens is 222 g/mol. The number of rotatable bonds is 3. The molecule has 1 aliphatic heterocycles. The van der Waals surface area contributed by atoms with Crippen LogP contribution < -0.4 is 5.32 Å². The Morgan fingerprint density at radius 1 is 1.11 bits per heavy atom. The second kappa shape index (κ2) is 5.75. The number of hydrogen-bond acceptors (Lipinski definition) is 2. The molecule has 0 aromatic heterocycles. The molecule has 1 aromatic carbocycles. The molecule has 1 N–H and O–H groups in total. The molecular formula is C16H23NO. The molecule has 1 saturated carbocycles. The van der Waals surface area contributed by atoms with Crippen molar-refractivity contribution in [3.8, 4) is 0 Å². The van der Waals surface area contributed by atoms with Crippen LogP contribution in [0, 0.1) is 5.92 Å². The highest BCUT2D eigenvalue weighted by molar-refractivity contribution is 5.51. The zero-order valence-electron chi connectivity index (χ0n) is 11.0. The summed E-state index contributed by atoms with van der Waals surface area (Å²) in [5.74, 6) is 0.829. The van der Waals surface area contributed by atoms with E-state index in [1.54, 1.807) is 0 Å². The van der Waals surface area contributed by atoms with E-state index in [2.05, 4.69) is 29.6 Å². The third kappa shape index (κ3) is 2.86. The van der Waals surface area contributed by atoms with Crippen LogP contribution >= 0.6 is 0 Å². The van der Waals surface area contributed by atoms with Gasteiger partial charge in [-0.3, -0.25) is 0 Å². The van der Waals surface area contributed by atoms with Gasteiger partial charge in [0.2, 0.25) is 0 Å². The Hall–Kier alpha value is -1.02. The van der Waals surface area contributed by atoms with Gasteiger partial charge in [0.05, 0.1) is 6.10 Å². The van der Waals surface area contributed by atoms with Crippen molar-refractivity contribution in [2.24, 2.45) is 5.92 Å². The Morgan fingerprint density at radius 2 is 1.94 bits per heavy atom. The van der Waals surface area contributed by atoms with E-state index in [1.807, 2.05) is 0 Å². The molecule has 18 heavy (non-hydrogen) atoms.